The number of carboxylic acids is 1. The normalized spacial score (nSPS) is 11.7. The number of hydrogen-bond donors (Lipinski definition) is 2. The van der Waals surface area contributed by atoms with Crippen LogP contribution in [0.1, 0.15) is 6.92 Å². The smallest absolute Gasteiger partial charge is 0.300 e. The monoisotopic (exact) mass is 360 g/mol. The third-order valence-electron chi connectivity index (χ3n) is 2.73. The summed E-state index contributed by atoms with van der Waals surface area (Å²) in [7, 11) is 0. The van der Waals surface area contributed by atoms with Gasteiger partial charge in [-0.05, 0) is 12.1 Å². The molecule has 0 amide bonds. The molecule has 0 spiro atoms. The van der Waals surface area contributed by atoms with Gasteiger partial charge in [-0.15, -0.1) is 0 Å². The van der Waals surface area contributed by atoms with E-state index in [4.69, 9.17) is 48.3 Å². The van der Waals surface area contributed by atoms with Crippen LogP contribution in [-0.4, -0.2) is 22.9 Å². The molecule has 122 valence electrons. The van der Waals surface area contributed by atoms with Gasteiger partial charge in [-0.1, -0.05) is 23.2 Å². The number of benzene rings is 1. The topological polar surface area (TPSA) is 94.7 Å². The summed E-state index contributed by atoms with van der Waals surface area (Å²) < 4.78 is 24.6. The van der Waals surface area contributed by atoms with Crippen LogP contribution in [0.3, 0.4) is 0 Å². The van der Waals surface area contributed by atoms with Gasteiger partial charge in [-0.3, -0.25) is 9.78 Å². The number of ether oxygens (including phenoxy) is 2. The van der Waals surface area contributed by atoms with Crippen LogP contribution in [0.15, 0.2) is 18.3 Å². The fourth-order valence-electron chi connectivity index (χ4n) is 1.82. The molecule has 0 saturated carbocycles. The van der Waals surface area contributed by atoms with Gasteiger partial charge in [-0.25, -0.2) is 4.39 Å². The third kappa shape index (κ3) is 3.57. The van der Waals surface area contributed by atoms with E-state index in [0.29, 0.717) is 22.1 Å². The van der Waals surface area contributed by atoms with Crippen LogP contribution in [0.25, 0.3) is 11.3 Å². The number of hydrogen-bond acceptors (Lipinski definition) is 5. The first kappa shape index (κ1) is 17.1. The molecule has 0 saturated heterocycles. The molecule has 1 aliphatic rings. The zero-order valence-corrected chi connectivity index (χ0v) is 13.3. The molecule has 2 heterocycles. The van der Waals surface area contributed by atoms with E-state index in [9.17, 15) is 4.39 Å². The standard InChI is InChI=1S/C12H7Cl2FN2O2.C2H4O2/c13-6-2-1-5(11-12(6)19-4-18-11)10-8(15)9(16)7(14)3-17-10;1-2(3)4/h1-3H,4H2,(H2,16,17);1H3,(H,3,4). The van der Waals surface area contributed by atoms with Crippen LogP contribution in [-0.2, 0) is 4.79 Å². The van der Waals surface area contributed by atoms with Gasteiger partial charge in [0.25, 0.3) is 5.97 Å². The lowest BCUT2D eigenvalue weighted by Gasteiger charge is -2.09. The third-order valence-corrected chi connectivity index (χ3v) is 3.33. The van der Waals surface area contributed by atoms with Gasteiger partial charge in [0, 0.05) is 18.7 Å². The molecule has 1 aromatic heterocycles. The van der Waals surface area contributed by atoms with E-state index in [1.807, 2.05) is 0 Å². The van der Waals surface area contributed by atoms with Crippen LogP contribution in [0.4, 0.5) is 10.1 Å². The number of rotatable bonds is 1. The number of nitrogen functional groups attached to an aromatic ring is 1. The average molecular weight is 361 g/mol. The van der Waals surface area contributed by atoms with Crippen molar-refractivity contribution in [2.24, 2.45) is 0 Å². The summed E-state index contributed by atoms with van der Waals surface area (Å²) in [5.74, 6) is -0.818. The number of pyridine rings is 1. The lowest BCUT2D eigenvalue weighted by Crippen LogP contribution is -1.99. The minimum atomic E-state index is -0.833. The molecule has 3 N–H and O–H groups in total. The van der Waals surface area contributed by atoms with Crippen LogP contribution >= 0.6 is 23.2 Å². The molecule has 9 heteroatoms. The Labute approximate surface area is 140 Å². The Morgan fingerprint density at radius 2 is 1.91 bits per heavy atom. The first-order valence-electron chi connectivity index (χ1n) is 6.20. The van der Waals surface area contributed by atoms with Gasteiger partial charge < -0.3 is 20.3 Å². The number of halogens is 3. The Morgan fingerprint density at radius 3 is 2.57 bits per heavy atom. The number of nitrogens with zero attached hydrogens (tertiary/aromatic N) is 1. The molecule has 0 radical (unpaired) electrons. The van der Waals surface area contributed by atoms with Crippen molar-refractivity contribution in [1.82, 2.24) is 4.98 Å². The molecular weight excluding hydrogens is 350 g/mol. The fraction of sp³-hybridized carbons (Fsp3) is 0.143. The number of aromatic nitrogens is 1. The molecule has 3 rings (SSSR count). The van der Waals surface area contributed by atoms with Crippen molar-refractivity contribution in [3.05, 3.63) is 34.2 Å². The van der Waals surface area contributed by atoms with E-state index in [1.165, 1.54) is 6.20 Å². The van der Waals surface area contributed by atoms with Crippen molar-refractivity contribution in [2.45, 2.75) is 6.92 Å². The predicted molar refractivity (Wildman–Crippen MR) is 83.5 cm³/mol. The summed E-state index contributed by atoms with van der Waals surface area (Å²) in [5, 5.41) is 7.86. The molecule has 0 unspecified atom stereocenters. The zero-order chi connectivity index (χ0) is 17.1. The SMILES string of the molecule is CC(=O)O.Nc1c(Cl)cnc(-c2ccc(Cl)c3c2OCO3)c1F. The molecule has 0 fully saturated rings. The minimum Gasteiger partial charge on any atom is -0.481 e. The molecule has 0 aliphatic carbocycles. The Morgan fingerprint density at radius 1 is 1.30 bits per heavy atom. The summed E-state index contributed by atoms with van der Waals surface area (Å²) in [6, 6.07) is 3.17. The van der Waals surface area contributed by atoms with E-state index >= 15 is 0 Å². The molecule has 1 aliphatic heterocycles. The Hall–Kier alpha value is -2.25. The van der Waals surface area contributed by atoms with E-state index < -0.39 is 11.8 Å². The van der Waals surface area contributed by atoms with Crippen molar-refractivity contribution >= 4 is 34.9 Å². The maximum absolute atomic E-state index is 14.1. The van der Waals surface area contributed by atoms with Crippen molar-refractivity contribution in [3.8, 4) is 22.8 Å². The number of fused-ring (bicyclic) bond motifs is 1. The first-order chi connectivity index (χ1) is 10.8. The van der Waals surface area contributed by atoms with Gasteiger partial charge >= 0.3 is 0 Å². The number of aliphatic carboxylic acids is 1. The average Bonchev–Trinajstić information content (AvgIpc) is 2.96. The summed E-state index contributed by atoms with van der Waals surface area (Å²) in [5.41, 5.74) is 5.85. The van der Waals surface area contributed by atoms with Crippen LogP contribution in [0.2, 0.25) is 10.0 Å². The highest BCUT2D eigenvalue weighted by atomic mass is 35.5. The lowest BCUT2D eigenvalue weighted by molar-refractivity contribution is -0.134. The van der Waals surface area contributed by atoms with Gasteiger partial charge in [0.15, 0.2) is 17.3 Å². The fourth-order valence-corrected chi connectivity index (χ4v) is 2.15. The Bertz CT molecular complexity index is 767. The number of nitrogens with two attached hydrogens (primary N) is 1. The van der Waals surface area contributed by atoms with Crippen molar-refractivity contribution < 1.29 is 23.8 Å². The maximum atomic E-state index is 14.1. The second-order valence-electron chi connectivity index (χ2n) is 4.36. The minimum absolute atomic E-state index is 0.0246. The molecule has 0 atom stereocenters. The first-order valence-corrected chi connectivity index (χ1v) is 6.96. The number of carbonyl (C=O) groups is 1. The van der Waals surface area contributed by atoms with Crippen LogP contribution in [0.5, 0.6) is 11.5 Å². The zero-order valence-electron chi connectivity index (χ0n) is 11.8. The largest absolute Gasteiger partial charge is 0.481 e. The van der Waals surface area contributed by atoms with E-state index in [1.54, 1.807) is 12.1 Å². The summed E-state index contributed by atoms with van der Waals surface area (Å²) in [6.07, 6.45) is 1.28. The van der Waals surface area contributed by atoms with E-state index in [2.05, 4.69) is 4.98 Å². The molecular formula is C14H11Cl2FN2O4. The summed E-state index contributed by atoms with van der Waals surface area (Å²) in [4.78, 5) is 13.0. The molecule has 2 aromatic rings. The van der Waals surface area contributed by atoms with Crippen molar-refractivity contribution in [1.29, 1.82) is 0 Å². The van der Waals surface area contributed by atoms with Crippen LogP contribution < -0.4 is 15.2 Å². The van der Waals surface area contributed by atoms with Gasteiger partial charge in [0.2, 0.25) is 6.79 Å². The number of anilines is 1. The predicted octanol–water partition coefficient (Wildman–Crippen LogP) is 3.60. The molecule has 23 heavy (non-hydrogen) atoms. The Balaban J connectivity index is 0.000000433. The van der Waals surface area contributed by atoms with Crippen molar-refractivity contribution in [2.75, 3.05) is 12.5 Å². The molecule has 6 nitrogen and oxygen atoms in total. The second-order valence-corrected chi connectivity index (χ2v) is 5.18. The molecule has 1 aromatic carbocycles. The maximum Gasteiger partial charge on any atom is 0.300 e. The highest BCUT2D eigenvalue weighted by Gasteiger charge is 2.25. The van der Waals surface area contributed by atoms with E-state index in [-0.39, 0.29) is 23.2 Å². The highest BCUT2D eigenvalue weighted by Crippen LogP contribution is 2.46. The van der Waals surface area contributed by atoms with Crippen molar-refractivity contribution in [3.63, 3.8) is 0 Å². The summed E-state index contributed by atoms with van der Waals surface area (Å²) >= 11 is 11.7. The second kappa shape index (κ2) is 6.89. The quantitative estimate of drug-likeness (QED) is 0.806. The lowest BCUT2D eigenvalue weighted by atomic mass is 10.1. The van der Waals surface area contributed by atoms with E-state index in [0.717, 1.165) is 6.92 Å². The highest BCUT2D eigenvalue weighted by molar-refractivity contribution is 6.33. The van der Waals surface area contributed by atoms with Gasteiger partial charge in [0.1, 0.15) is 5.69 Å². The van der Waals surface area contributed by atoms with Crippen LogP contribution in [0, 0.1) is 5.82 Å². The van der Waals surface area contributed by atoms with Gasteiger partial charge in [-0.2, -0.15) is 0 Å². The Kier molecular flexibility index (Phi) is 5.12. The molecule has 0 bridgehead atoms. The van der Waals surface area contributed by atoms with Gasteiger partial charge in [0.05, 0.1) is 15.7 Å². The number of carboxylic acid groups (broad SMARTS) is 1. The summed E-state index contributed by atoms with van der Waals surface area (Å²) in [6.45, 7) is 1.11.